The Labute approximate surface area is 134 Å². The largest absolute Gasteiger partial charge is 0.496 e. The average Bonchev–Trinajstić information content (AvgIpc) is 3.27. The van der Waals surface area contributed by atoms with E-state index in [9.17, 15) is 4.79 Å². The van der Waals surface area contributed by atoms with Gasteiger partial charge in [-0.1, -0.05) is 18.2 Å². The van der Waals surface area contributed by atoms with Crippen molar-refractivity contribution in [2.45, 2.75) is 38.8 Å². The molecule has 22 heavy (non-hydrogen) atoms. The number of ether oxygens (including phenoxy) is 1. The first-order valence-corrected chi connectivity index (χ1v) is 8.37. The summed E-state index contributed by atoms with van der Waals surface area (Å²) in [4.78, 5) is 19.2. The number of amides is 1. The minimum absolute atomic E-state index is 0.151. The van der Waals surface area contributed by atoms with Crippen LogP contribution in [0.5, 0.6) is 5.75 Å². The maximum Gasteiger partial charge on any atom is 0.227 e. The fourth-order valence-corrected chi connectivity index (χ4v) is 3.18. The Bertz CT molecular complexity index is 664. The van der Waals surface area contributed by atoms with Crippen molar-refractivity contribution >= 4 is 17.2 Å². The second-order valence-electron chi connectivity index (χ2n) is 5.60. The molecule has 0 aliphatic heterocycles. The maximum atomic E-state index is 12.7. The third-order valence-electron chi connectivity index (χ3n) is 3.84. The van der Waals surface area contributed by atoms with Gasteiger partial charge in [-0.25, -0.2) is 4.98 Å². The first-order chi connectivity index (χ1) is 10.7. The molecule has 0 atom stereocenters. The molecule has 0 N–H and O–H groups in total. The van der Waals surface area contributed by atoms with Crippen LogP contribution in [0.1, 0.15) is 29.1 Å². The lowest BCUT2D eigenvalue weighted by Gasteiger charge is -2.22. The molecule has 1 amide bonds. The van der Waals surface area contributed by atoms with Crippen molar-refractivity contribution in [3.63, 3.8) is 0 Å². The molecule has 1 saturated carbocycles. The Hall–Kier alpha value is -1.88. The zero-order chi connectivity index (χ0) is 15.5. The fourth-order valence-electron chi connectivity index (χ4n) is 2.58. The molecule has 0 bridgehead atoms. The van der Waals surface area contributed by atoms with Gasteiger partial charge < -0.3 is 9.64 Å². The third kappa shape index (κ3) is 3.47. The second kappa shape index (κ2) is 6.48. The highest BCUT2D eigenvalue weighted by atomic mass is 32.1. The molecular formula is C17H20N2O2S. The Morgan fingerprint density at radius 2 is 2.18 bits per heavy atom. The molecule has 1 aromatic heterocycles. The minimum Gasteiger partial charge on any atom is -0.496 e. The SMILES string of the molecule is COc1ccccc1CC(=O)N(Cc1csc(C)n1)C1CC1. The van der Waals surface area contributed by atoms with Gasteiger partial charge in [0, 0.05) is 17.0 Å². The summed E-state index contributed by atoms with van der Waals surface area (Å²) in [7, 11) is 1.64. The van der Waals surface area contributed by atoms with Gasteiger partial charge in [0.25, 0.3) is 0 Å². The average molecular weight is 316 g/mol. The van der Waals surface area contributed by atoms with E-state index in [1.54, 1.807) is 18.4 Å². The van der Waals surface area contributed by atoms with Crippen LogP contribution in [0, 0.1) is 6.92 Å². The third-order valence-corrected chi connectivity index (χ3v) is 4.66. The predicted molar refractivity (Wildman–Crippen MR) is 87.1 cm³/mol. The first-order valence-electron chi connectivity index (χ1n) is 7.49. The number of nitrogens with zero attached hydrogens (tertiary/aromatic N) is 2. The molecule has 4 nitrogen and oxygen atoms in total. The van der Waals surface area contributed by atoms with Gasteiger partial charge in [-0.05, 0) is 25.8 Å². The molecule has 2 aromatic rings. The van der Waals surface area contributed by atoms with Crippen LogP contribution < -0.4 is 4.74 Å². The molecule has 1 aliphatic carbocycles. The lowest BCUT2D eigenvalue weighted by molar-refractivity contribution is -0.131. The van der Waals surface area contributed by atoms with Crippen LogP contribution in [0.2, 0.25) is 0 Å². The molecule has 1 aromatic carbocycles. The predicted octanol–water partition coefficient (Wildman–Crippen LogP) is 3.19. The van der Waals surface area contributed by atoms with Crippen molar-refractivity contribution in [1.82, 2.24) is 9.88 Å². The lowest BCUT2D eigenvalue weighted by atomic mass is 10.1. The van der Waals surface area contributed by atoms with E-state index in [1.807, 2.05) is 41.5 Å². The quantitative estimate of drug-likeness (QED) is 0.822. The summed E-state index contributed by atoms with van der Waals surface area (Å²) in [6.45, 7) is 2.61. The maximum absolute atomic E-state index is 12.7. The Morgan fingerprint density at radius 1 is 1.41 bits per heavy atom. The fraction of sp³-hybridized carbons (Fsp3) is 0.412. The second-order valence-corrected chi connectivity index (χ2v) is 6.66. The van der Waals surface area contributed by atoms with Gasteiger partial charge >= 0.3 is 0 Å². The minimum atomic E-state index is 0.151. The summed E-state index contributed by atoms with van der Waals surface area (Å²) >= 11 is 1.63. The number of benzene rings is 1. The van der Waals surface area contributed by atoms with E-state index in [4.69, 9.17) is 4.74 Å². The molecule has 0 radical (unpaired) electrons. The van der Waals surface area contributed by atoms with Gasteiger partial charge in [0.05, 0.1) is 30.8 Å². The number of thiazole rings is 1. The number of hydrogen-bond donors (Lipinski definition) is 0. The molecule has 0 unspecified atom stereocenters. The number of methoxy groups -OCH3 is 1. The van der Waals surface area contributed by atoms with Crippen molar-refractivity contribution in [1.29, 1.82) is 0 Å². The van der Waals surface area contributed by atoms with E-state index < -0.39 is 0 Å². The van der Waals surface area contributed by atoms with Crippen LogP contribution in [-0.2, 0) is 17.8 Å². The molecule has 3 rings (SSSR count). The molecule has 1 fully saturated rings. The van der Waals surface area contributed by atoms with E-state index in [0.717, 1.165) is 34.9 Å². The summed E-state index contributed by atoms with van der Waals surface area (Å²) in [5.74, 6) is 0.925. The van der Waals surface area contributed by atoms with Gasteiger partial charge in [-0.2, -0.15) is 0 Å². The topological polar surface area (TPSA) is 42.4 Å². The smallest absolute Gasteiger partial charge is 0.227 e. The molecule has 1 aliphatic rings. The van der Waals surface area contributed by atoms with Crippen molar-refractivity contribution in [3.05, 3.63) is 45.9 Å². The Balaban J connectivity index is 1.72. The first kappa shape index (κ1) is 15.0. The normalized spacial score (nSPS) is 13.9. The molecule has 1 heterocycles. The number of aromatic nitrogens is 1. The van der Waals surface area contributed by atoms with E-state index in [0.29, 0.717) is 19.0 Å². The zero-order valence-corrected chi connectivity index (χ0v) is 13.7. The summed E-state index contributed by atoms with van der Waals surface area (Å²) in [6, 6.07) is 8.09. The van der Waals surface area contributed by atoms with Crippen molar-refractivity contribution < 1.29 is 9.53 Å². The van der Waals surface area contributed by atoms with Crippen molar-refractivity contribution in [2.75, 3.05) is 7.11 Å². The van der Waals surface area contributed by atoms with E-state index in [-0.39, 0.29) is 5.91 Å². The monoisotopic (exact) mass is 316 g/mol. The van der Waals surface area contributed by atoms with Crippen LogP contribution >= 0.6 is 11.3 Å². The van der Waals surface area contributed by atoms with Crippen LogP contribution in [-0.4, -0.2) is 28.9 Å². The van der Waals surface area contributed by atoms with E-state index in [2.05, 4.69) is 4.98 Å². The summed E-state index contributed by atoms with van der Waals surface area (Å²) in [5.41, 5.74) is 1.93. The molecule has 0 saturated heterocycles. The lowest BCUT2D eigenvalue weighted by Crippen LogP contribution is -2.34. The molecular weight excluding hydrogens is 296 g/mol. The number of rotatable bonds is 6. The summed E-state index contributed by atoms with van der Waals surface area (Å²) in [5, 5.41) is 3.09. The highest BCUT2D eigenvalue weighted by molar-refractivity contribution is 7.09. The summed E-state index contributed by atoms with van der Waals surface area (Å²) < 4.78 is 5.34. The zero-order valence-electron chi connectivity index (χ0n) is 12.9. The van der Waals surface area contributed by atoms with Gasteiger partial charge in [-0.15, -0.1) is 11.3 Å². The molecule has 116 valence electrons. The Kier molecular flexibility index (Phi) is 4.43. The van der Waals surface area contributed by atoms with Gasteiger partial charge in [0.15, 0.2) is 0 Å². The standard InChI is InChI=1S/C17H20N2O2S/c1-12-18-14(11-22-12)10-19(15-7-8-15)17(20)9-13-5-3-4-6-16(13)21-2/h3-6,11,15H,7-10H2,1-2H3. The number of hydrogen-bond acceptors (Lipinski definition) is 4. The van der Waals surface area contributed by atoms with E-state index in [1.165, 1.54) is 0 Å². The van der Waals surface area contributed by atoms with Crippen molar-refractivity contribution in [3.8, 4) is 5.75 Å². The number of carbonyl (C=O) groups is 1. The summed E-state index contributed by atoms with van der Waals surface area (Å²) in [6.07, 6.45) is 2.57. The molecule has 0 spiro atoms. The van der Waals surface area contributed by atoms with Gasteiger partial charge in [-0.3, -0.25) is 4.79 Å². The Morgan fingerprint density at radius 3 is 2.82 bits per heavy atom. The van der Waals surface area contributed by atoms with Crippen LogP contribution in [0.15, 0.2) is 29.6 Å². The van der Waals surface area contributed by atoms with Crippen molar-refractivity contribution in [2.24, 2.45) is 0 Å². The van der Waals surface area contributed by atoms with Gasteiger partial charge in [0.2, 0.25) is 5.91 Å². The number of carbonyl (C=O) groups excluding carboxylic acids is 1. The highest BCUT2D eigenvalue weighted by Gasteiger charge is 2.33. The van der Waals surface area contributed by atoms with Crippen LogP contribution in [0.25, 0.3) is 0 Å². The van der Waals surface area contributed by atoms with Crippen LogP contribution in [0.3, 0.4) is 0 Å². The van der Waals surface area contributed by atoms with Gasteiger partial charge in [0.1, 0.15) is 5.75 Å². The van der Waals surface area contributed by atoms with Crippen LogP contribution in [0.4, 0.5) is 0 Å². The van der Waals surface area contributed by atoms with E-state index >= 15 is 0 Å². The highest BCUT2D eigenvalue weighted by Crippen LogP contribution is 2.30. The number of para-hydroxylation sites is 1. The number of aryl methyl sites for hydroxylation is 1. The molecule has 5 heteroatoms.